The zero-order chi connectivity index (χ0) is 74.4. The second-order valence-corrected chi connectivity index (χ2v) is 28.8. The fraction of sp³-hybridized carbons (Fsp3) is 0.259. The number of benzene rings is 4. The van der Waals surface area contributed by atoms with Crippen LogP contribution >= 0.6 is 21.6 Å². The third kappa shape index (κ3) is 20.3. The molecule has 544 valence electrons. The highest BCUT2D eigenvalue weighted by Gasteiger charge is 2.45. The van der Waals surface area contributed by atoms with E-state index in [1.165, 1.54) is 36.4 Å². The number of aromatic carboxylic acids is 2. The number of carbonyl (C=O) groups is 5. The maximum Gasteiger partial charge on any atom is 0.337 e. The molecule has 0 radical (unpaired) electrons. The molecule has 2 aliphatic rings. The van der Waals surface area contributed by atoms with E-state index in [0.29, 0.717) is 18.2 Å². The molecule has 2 aliphatic carbocycles. The molecule has 0 spiro atoms. The number of allylic oxidation sites excluding steroid dienone is 5. The van der Waals surface area contributed by atoms with E-state index >= 15 is 0 Å². The molecular weight excluding hydrogens is 1480 g/mol. The summed E-state index contributed by atoms with van der Waals surface area (Å²) >= 11 is 0. The zero-order valence-corrected chi connectivity index (χ0v) is 56.4. The van der Waals surface area contributed by atoms with Crippen LogP contribution in [0.4, 0.5) is 58.4 Å². The molecule has 102 heavy (non-hydrogen) atoms. The molecule has 4 atom stereocenters. The fourth-order valence-corrected chi connectivity index (χ4v) is 14.0. The van der Waals surface area contributed by atoms with Gasteiger partial charge in [-0.2, -0.15) is 68.7 Å². The minimum absolute atomic E-state index is 0.0869. The quantitative estimate of drug-likeness (QED) is 0.00876. The molecule has 0 bridgehead atoms. The lowest BCUT2D eigenvalue weighted by Crippen LogP contribution is -2.41. The number of hydrazone groups is 1. The Morgan fingerprint density at radius 3 is 1.64 bits per heavy atom. The molecule has 2 heterocycles. The van der Waals surface area contributed by atoms with Gasteiger partial charge in [-0.3, -0.25) is 28.4 Å². The van der Waals surface area contributed by atoms with Gasteiger partial charge < -0.3 is 77.1 Å². The number of carbonyl (C=O) groups excluding carboxylic acids is 1. The number of azo groups is 1. The van der Waals surface area contributed by atoms with Gasteiger partial charge in [-0.1, -0.05) is 58.0 Å². The van der Waals surface area contributed by atoms with Crippen LogP contribution in [-0.2, 0) is 64.3 Å². The number of hydrogen-bond acceptors (Lipinski definition) is 36. The highest BCUT2D eigenvalue weighted by Crippen LogP contribution is 2.46. The highest BCUT2D eigenvalue weighted by atomic mass is 33.1. The number of nitrogens with one attached hydrogen (secondary N) is 7. The summed E-state index contributed by atoms with van der Waals surface area (Å²) in [6.07, 6.45) is 2.26. The van der Waals surface area contributed by atoms with Crippen molar-refractivity contribution in [3.8, 4) is 5.75 Å². The largest absolute Gasteiger partial charge is 0.505 e. The fourth-order valence-electron chi connectivity index (χ4n) is 9.19. The summed E-state index contributed by atoms with van der Waals surface area (Å²) < 4.78 is 153. The number of Topliss-reactive ketones (excluding diaryl/α,β-unsaturated/α-hetero) is 1. The van der Waals surface area contributed by atoms with E-state index in [9.17, 15) is 112 Å². The van der Waals surface area contributed by atoms with Gasteiger partial charge in [0, 0.05) is 41.6 Å². The van der Waals surface area contributed by atoms with Crippen LogP contribution < -0.4 is 37.3 Å². The Balaban J connectivity index is 1.07. The highest BCUT2D eigenvalue weighted by molar-refractivity contribution is 8.76. The van der Waals surface area contributed by atoms with Gasteiger partial charge in [-0.15, -0.1) is 10.2 Å². The average Bonchev–Trinajstić information content (AvgIpc) is 0.753. The van der Waals surface area contributed by atoms with Gasteiger partial charge >= 0.3 is 23.9 Å². The van der Waals surface area contributed by atoms with Gasteiger partial charge in [0.05, 0.1) is 77.9 Å². The predicted octanol–water partition coefficient (Wildman–Crippen LogP) is 2.75. The van der Waals surface area contributed by atoms with Crippen molar-refractivity contribution in [2.75, 3.05) is 102 Å². The summed E-state index contributed by atoms with van der Waals surface area (Å²) in [5, 5.41) is 96.8. The van der Waals surface area contributed by atoms with Crippen molar-refractivity contribution in [1.29, 1.82) is 0 Å². The van der Waals surface area contributed by atoms with E-state index in [1.54, 1.807) is 0 Å². The Hall–Kier alpha value is -10.2. The maximum absolute atomic E-state index is 14.5. The van der Waals surface area contributed by atoms with Crippen LogP contribution in [0, 0.1) is 11.8 Å². The summed E-state index contributed by atoms with van der Waals surface area (Å²) in [5.41, 5.74) is -2.19. The number of aliphatic hydroxyl groups is 2. The second-order valence-electron chi connectivity index (χ2n) is 20.6. The Morgan fingerprint density at radius 2 is 1.12 bits per heavy atom. The number of fused-ring (bicyclic) bond motifs is 2. The van der Waals surface area contributed by atoms with Gasteiger partial charge in [0.2, 0.25) is 35.7 Å². The number of aliphatic hydroxyl groups excluding tert-OH is 2. The van der Waals surface area contributed by atoms with Crippen molar-refractivity contribution in [2.24, 2.45) is 27.2 Å². The lowest BCUT2D eigenvalue weighted by Gasteiger charge is -2.32. The molecule has 0 saturated carbocycles. The molecule has 18 N–H and O–H groups in total. The number of aliphatic carboxylic acids is 2. The third-order valence-corrected chi connectivity index (χ3v) is 19.5. The summed E-state index contributed by atoms with van der Waals surface area (Å²) in [6.45, 7) is -1.29. The Morgan fingerprint density at radius 1 is 0.588 bits per heavy atom. The number of para-hydroxylation sites is 1. The minimum atomic E-state index is -5.40. The number of nitrogens with zero attached hydrogens (tertiary/aromatic N) is 9. The van der Waals surface area contributed by atoms with Crippen LogP contribution in [0.1, 0.15) is 20.7 Å². The normalized spacial score (nSPS) is 15.9. The van der Waals surface area contributed by atoms with Crippen molar-refractivity contribution >= 4 is 167 Å². The van der Waals surface area contributed by atoms with E-state index in [0.717, 1.165) is 51.9 Å². The van der Waals surface area contributed by atoms with Crippen LogP contribution in [0.5, 0.6) is 5.75 Å². The first-order valence-electron chi connectivity index (χ1n) is 28.6. The van der Waals surface area contributed by atoms with E-state index < -0.39 is 194 Å². The molecule has 0 amide bonds. The molecule has 48 heteroatoms. The predicted molar refractivity (Wildman–Crippen MR) is 361 cm³/mol. The molecule has 4 unspecified atom stereocenters. The van der Waals surface area contributed by atoms with Crippen LogP contribution in [0.25, 0.3) is 10.8 Å². The summed E-state index contributed by atoms with van der Waals surface area (Å²) in [6, 6.07) is 8.73. The van der Waals surface area contributed by atoms with E-state index in [4.69, 9.17) is 9.47 Å². The molecule has 0 fully saturated rings. The number of ketones is 1. The van der Waals surface area contributed by atoms with Crippen molar-refractivity contribution < 1.29 is 121 Å². The lowest BCUT2D eigenvalue weighted by molar-refractivity contribution is -0.138. The average molecular weight is 1540 g/mol. The Kier molecular flexibility index (Phi) is 25.5. The first-order valence-corrected chi connectivity index (χ1v) is 36.9. The molecule has 42 nitrogen and oxygen atoms in total. The van der Waals surface area contributed by atoms with Crippen molar-refractivity contribution in [3.63, 3.8) is 0 Å². The number of carboxylic acid groups (broad SMARTS) is 4. The molecule has 2 aromatic heterocycles. The van der Waals surface area contributed by atoms with Gasteiger partial charge in [0.1, 0.15) is 39.0 Å². The first-order chi connectivity index (χ1) is 48.1. The number of ether oxygens (including phenoxy) is 2. The first kappa shape index (κ1) is 77.5. The molecule has 4 aromatic carbocycles. The molecular formula is C54H56N16O26S6. The number of aromatic hydroxyl groups is 1. The van der Waals surface area contributed by atoms with E-state index in [-0.39, 0.29) is 81.6 Å². The molecule has 8 rings (SSSR count). The monoisotopic (exact) mass is 1540 g/mol. The van der Waals surface area contributed by atoms with E-state index in [1.807, 2.05) is 0 Å². The molecule has 0 aliphatic heterocycles. The SMILES string of the molecule is O=C(O)c1ccccc1N=Nc1c(S(=O)(=O)O)cc2cc(S(=O)(=O)O)cc(Nc3nc(NCCOCCO)nc(NC(CSSCC(Nc4nc(NCCOCCO)nc(NC5=CC(S(=O)(=O)O)=CC6C=C(S(=O)(=O)O)C(=NNc7ccccc7C(=O)O)C(=O)C56)n4)C(=O)O)C(=O)O)n3)c2c1O. The van der Waals surface area contributed by atoms with Crippen molar-refractivity contribution in [1.82, 2.24) is 29.9 Å². The maximum atomic E-state index is 14.5. The number of phenolic OH excluding ortho intramolecular Hbond substituents is 1. The summed E-state index contributed by atoms with van der Waals surface area (Å²) in [5.74, 6) is -15.7. The zero-order valence-electron chi connectivity index (χ0n) is 51.5. The van der Waals surface area contributed by atoms with Gasteiger partial charge in [0.25, 0.3) is 40.5 Å². The Bertz CT molecular complexity index is 4920. The van der Waals surface area contributed by atoms with Crippen molar-refractivity contribution in [2.45, 2.75) is 21.9 Å². The topological polar surface area (TPSA) is 662 Å². The van der Waals surface area contributed by atoms with Crippen molar-refractivity contribution in [3.05, 3.63) is 112 Å². The number of carboxylic acids is 4. The van der Waals surface area contributed by atoms with Crippen LogP contribution in [0.2, 0.25) is 0 Å². The Labute approximate surface area is 582 Å². The van der Waals surface area contributed by atoms with Crippen LogP contribution in [0.3, 0.4) is 0 Å². The number of aromatic nitrogens is 6. The van der Waals surface area contributed by atoms with Crippen LogP contribution in [-0.4, -0.2) is 229 Å². The smallest absolute Gasteiger partial charge is 0.337 e. The second kappa shape index (κ2) is 33.5. The molecule has 0 saturated heterocycles. The number of phenols is 1. The van der Waals surface area contributed by atoms with Crippen LogP contribution in [0.15, 0.2) is 126 Å². The minimum Gasteiger partial charge on any atom is -0.505 e. The summed E-state index contributed by atoms with van der Waals surface area (Å²) in [7, 11) is -19.7. The van der Waals surface area contributed by atoms with Gasteiger partial charge in [0.15, 0.2) is 11.5 Å². The number of anilines is 8. The van der Waals surface area contributed by atoms with Gasteiger partial charge in [-0.05, 0) is 53.9 Å². The lowest BCUT2D eigenvalue weighted by atomic mass is 9.77. The third-order valence-electron chi connectivity index (χ3n) is 13.6. The van der Waals surface area contributed by atoms with Gasteiger partial charge in [-0.25, -0.2) is 19.2 Å². The van der Waals surface area contributed by atoms with E-state index in [2.05, 4.69) is 82.6 Å². The molecule has 6 aromatic rings. The summed E-state index contributed by atoms with van der Waals surface area (Å²) in [4.78, 5) is 85.2. The number of hydrogen-bond donors (Lipinski definition) is 18. The standard InChI is InChI=1S/C54H56N16O26S6/c71-11-15-95-13-9-55-49-61-51(57-33-21-27(99(83,84)85)17-25-19-37(101(89,90)91)41(43(73)39(25)33)69-67-31-7-3-1-5-29(31)45(75)76)65-53(63-49)59-35(47(79)80)23-97-98-24-36(48(81)82)60-54-64-50(56-10-14-96-16-12-72)62-52(66-54)58-34-22-28(100(86,87)88)18-26-20-38(102(92,93)94)42(44(74)40(26)34)70-68-32-8-4-2-6-30(32)46(77)78/h1-8,17-22,25,35-36,39,67,71-72,74H,9-16,23-24H2,(H,75,76)(H,77,78)(H,79,80)(H,81,82)(H,83,84,85)(H,86,87,88)(H,89,90,91)(H,92,93,94)(H3,55,57,59,61,63,65)(H3,56,58,60,62,64,66). The number of rotatable bonds is 37.